The van der Waals surface area contributed by atoms with E-state index in [9.17, 15) is 18.0 Å². The van der Waals surface area contributed by atoms with Crippen LogP contribution in [0.25, 0.3) is 0 Å². The molecule has 2 N–H and O–H groups in total. The highest BCUT2D eigenvalue weighted by atomic mass is 32.2. The molecular formula is C14H21N3O5S2. The fourth-order valence-corrected chi connectivity index (χ4v) is 4.93. The summed E-state index contributed by atoms with van der Waals surface area (Å²) >= 11 is 1.72. The van der Waals surface area contributed by atoms with Gasteiger partial charge in [0, 0.05) is 50.8 Å². The molecule has 0 aliphatic carbocycles. The Morgan fingerprint density at radius 2 is 2.04 bits per heavy atom. The number of aromatic nitrogens is 1. The van der Waals surface area contributed by atoms with Gasteiger partial charge in [0.25, 0.3) is 5.91 Å². The molecule has 0 saturated carbocycles. The lowest BCUT2D eigenvalue weighted by Gasteiger charge is -2.24. The SMILES string of the molecule is CN(CCCC(=O)O)C(=O)c1cc(S(=O)(=O)N2CCSCC2)c[nH]1. The number of hydrogen-bond acceptors (Lipinski definition) is 5. The maximum atomic E-state index is 12.5. The van der Waals surface area contributed by atoms with Gasteiger partial charge in [-0.3, -0.25) is 9.59 Å². The van der Waals surface area contributed by atoms with E-state index in [0.29, 0.717) is 19.5 Å². The number of nitrogens with one attached hydrogen (secondary N) is 1. The van der Waals surface area contributed by atoms with E-state index in [-0.39, 0.29) is 29.5 Å². The molecule has 0 bridgehead atoms. The number of hydrogen-bond donors (Lipinski definition) is 2. The van der Waals surface area contributed by atoms with Gasteiger partial charge in [-0.25, -0.2) is 8.42 Å². The molecule has 1 aromatic heterocycles. The molecule has 10 heteroatoms. The third-order valence-electron chi connectivity index (χ3n) is 3.73. The number of aromatic amines is 1. The minimum Gasteiger partial charge on any atom is -0.481 e. The van der Waals surface area contributed by atoms with Gasteiger partial charge in [-0.2, -0.15) is 16.1 Å². The van der Waals surface area contributed by atoms with Crippen LogP contribution < -0.4 is 0 Å². The summed E-state index contributed by atoms with van der Waals surface area (Å²) in [6.07, 6.45) is 1.65. The van der Waals surface area contributed by atoms with Crippen molar-refractivity contribution in [2.75, 3.05) is 38.2 Å². The number of carboxylic acid groups (broad SMARTS) is 1. The summed E-state index contributed by atoms with van der Waals surface area (Å²) < 4.78 is 26.5. The number of thioether (sulfide) groups is 1. The average molecular weight is 375 g/mol. The van der Waals surface area contributed by atoms with E-state index in [4.69, 9.17) is 5.11 Å². The Bertz CT molecular complexity index is 695. The van der Waals surface area contributed by atoms with E-state index in [1.807, 2.05) is 0 Å². The van der Waals surface area contributed by atoms with Crippen LogP contribution in [0.15, 0.2) is 17.2 Å². The van der Waals surface area contributed by atoms with E-state index in [2.05, 4.69) is 4.98 Å². The van der Waals surface area contributed by atoms with Gasteiger partial charge in [0.05, 0.1) is 0 Å². The van der Waals surface area contributed by atoms with E-state index in [1.54, 1.807) is 18.8 Å². The molecule has 2 rings (SSSR count). The van der Waals surface area contributed by atoms with Gasteiger partial charge in [-0.1, -0.05) is 0 Å². The van der Waals surface area contributed by atoms with Crippen molar-refractivity contribution in [3.63, 3.8) is 0 Å². The van der Waals surface area contributed by atoms with Crippen molar-refractivity contribution in [1.82, 2.24) is 14.2 Å². The van der Waals surface area contributed by atoms with Crippen molar-refractivity contribution < 1.29 is 23.1 Å². The largest absolute Gasteiger partial charge is 0.481 e. The van der Waals surface area contributed by atoms with Gasteiger partial charge in [0.1, 0.15) is 10.6 Å². The first-order chi connectivity index (χ1) is 11.3. The second-order valence-corrected chi connectivity index (χ2v) is 8.65. The molecule has 8 nitrogen and oxygen atoms in total. The van der Waals surface area contributed by atoms with E-state index in [1.165, 1.54) is 21.5 Å². The number of amides is 1. The normalized spacial score (nSPS) is 16.0. The zero-order chi connectivity index (χ0) is 17.7. The Balaban J connectivity index is 2.03. The summed E-state index contributed by atoms with van der Waals surface area (Å²) in [5, 5.41) is 8.62. The molecule has 1 aliphatic heterocycles. The highest BCUT2D eigenvalue weighted by Gasteiger charge is 2.28. The van der Waals surface area contributed by atoms with E-state index in [0.717, 1.165) is 11.5 Å². The standard InChI is InChI=1S/C14H21N3O5S2/c1-16(4-2-3-13(18)19)14(20)12-9-11(10-15-12)24(21,22)17-5-7-23-8-6-17/h9-10,15H,2-8H2,1H3,(H,18,19). The van der Waals surface area contributed by atoms with Crippen molar-refractivity contribution in [3.8, 4) is 0 Å². The number of carboxylic acids is 1. The Hall–Kier alpha value is -1.52. The second-order valence-electron chi connectivity index (χ2n) is 5.49. The van der Waals surface area contributed by atoms with E-state index < -0.39 is 16.0 Å². The Labute approximate surface area is 145 Å². The topological polar surface area (TPSA) is 111 Å². The minimum atomic E-state index is -3.59. The molecule has 0 spiro atoms. The number of nitrogens with zero attached hydrogens (tertiary/aromatic N) is 2. The molecule has 1 aromatic rings. The summed E-state index contributed by atoms with van der Waals surface area (Å²) in [6.45, 7) is 1.22. The Kier molecular flexibility index (Phi) is 6.30. The summed E-state index contributed by atoms with van der Waals surface area (Å²) in [5.74, 6) is 0.253. The quantitative estimate of drug-likeness (QED) is 0.725. The first-order valence-electron chi connectivity index (χ1n) is 7.56. The number of sulfonamides is 1. The third-order valence-corrected chi connectivity index (χ3v) is 6.54. The molecule has 24 heavy (non-hydrogen) atoms. The lowest BCUT2D eigenvalue weighted by atomic mass is 10.3. The van der Waals surface area contributed by atoms with Crippen LogP contribution in [0.5, 0.6) is 0 Å². The molecule has 134 valence electrons. The summed E-state index contributed by atoms with van der Waals surface area (Å²) in [6, 6.07) is 1.34. The summed E-state index contributed by atoms with van der Waals surface area (Å²) in [7, 11) is -2.03. The molecule has 0 radical (unpaired) electrons. The lowest BCUT2D eigenvalue weighted by Crippen LogP contribution is -2.37. The zero-order valence-corrected chi connectivity index (χ0v) is 15.0. The fourth-order valence-electron chi connectivity index (χ4n) is 2.36. The van der Waals surface area contributed by atoms with Crippen LogP contribution in [-0.4, -0.2) is 77.8 Å². The highest BCUT2D eigenvalue weighted by Crippen LogP contribution is 2.21. The van der Waals surface area contributed by atoms with Gasteiger partial charge in [-0.05, 0) is 12.5 Å². The number of carbonyl (C=O) groups is 2. The lowest BCUT2D eigenvalue weighted by molar-refractivity contribution is -0.137. The van der Waals surface area contributed by atoms with Gasteiger partial charge in [0.15, 0.2) is 0 Å². The van der Waals surface area contributed by atoms with Crippen molar-refractivity contribution >= 4 is 33.7 Å². The smallest absolute Gasteiger partial charge is 0.303 e. The molecule has 1 aliphatic rings. The molecule has 0 atom stereocenters. The summed E-state index contributed by atoms with van der Waals surface area (Å²) in [4.78, 5) is 26.9. The van der Waals surface area contributed by atoms with Crippen LogP contribution in [0.1, 0.15) is 23.3 Å². The van der Waals surface area contributed by atoms with Crippen LogP contribution in [0, 0.1) is 0 Å². The number of carbonyl (C=O) groups excluding carboxylic acids is 1. The molecule has 2 heterocycles. The molecule has 1 amide bonds. The van der Waals surface area contributed by atoms with Crippen LogP contribution >= 0.6 is 11.8 Å². The number of rotatable bonds is 7. The number of aliphatic carboxylic acids is 1. The molecular weight excluding hydrogens is 354 g/mol. The number of H-pyrrole nitrogens is 1. The molecule has 1 fully saturated rings. The minimum absolute atomic E-state index is 0.0189. The van der Waals surface area contributed by atoms with E-state index >= 15 is 0 Å². The van der Waals surface area contributed by atoms with Gasteiger partial charge >= 0.3 is 5.97 Å². The predicted octanol–water partition coefficient (Wildman–Crippen LogP) is 0.689. The fraction of sp³-hybridized carbons (Fsp3) is 0.571. The van der Waals surface area contributed by atoms with Crippen LogP contribution in [0.4, 0.5) is 0 Å². The zero-order valence-electron chi connectivity index (χ0n) is 13.4. The average Bonchev–Trinajstić information content (AvgIpc) is 3.05. The molecule has 1 saturated heterocycles. The second kappa shape index (κ2) is 8.04. The third kappa shape index (κ3) is 4.52. The summed E-state index contributed by atoms with van der Waals surface area (Å²) in [5.41, 5.74) is 0.179. The first-order valence-corrected chi connectivity index (χ1v) is 10.2. The van der Waals surface area contributed by atoms with Crippen molar-refractivity contribution in [2.24, 2.45) is 0 Å². The van der Waals surface area contributed by atoms with Crippen molar-refractivity contribution in [1.29, 1.82) is 0 Å². The maximum absolute atomic E-state index is 12.5. The van der Waals surface area contributed by atoms with Gasteiger partial charge < -0.3 is 15.0 Å². The maximum Gasteiger partial charge on any atom is 0.303 e. The van der Waals surface area contributed by atoms with Crippen molar-refractivity contribution in [2.45, 2.75) is 17.7 Å². The highest BCUT2D eigenvalue weighted by molar-refractivity contribution is 7.99. The van der Waals surface area contributed by atoms with Gasteiger partial charge in [-0.15, -0.1) is 0 Å². The Morgan fingerprint density at radius 3 is 2.67 bits per heavy atom. The Morgan fingerprint density at radius 1 is 1.38 bits per heavy atom. The van der Waals surface area contributed by atoms with Crippen LogP contribution in [0.2, 0.25) is 0 Å². The van der Waals surface area contributed by atoms with Crippen LogP contribution in [-0.2, 0) is 14.8 Å². The monoisotopic (exact) mass is 375 g/mol. The molecule has 0 aromatic carbocycles. The van der Waals surface area contributed by atoms with Gasteiger partial charge in [0.2, 0.25) is 10.0 Å². The predicted molar refractivity (Wildman–Crippen MR) is 90.7 cm³/mol. The molecule has 0 unspecified atom stereocenters. The first kappa shape index (κ1) is 18.8. The van der Waals surface area contributed by atoms with Crippen molar-refractivity contribution in [3.05, 3.63) is 18.0 Å². The van der Waals surface area contributed by atoms with Crippen LogP contribution in [0.3, 0.4) is 0 Å².